The highest BCUT2D eigenvalue weighted by Crippen LogP contribution is 2.08. The summed E-state index contributed by atoms with van der Waals surface area (Å²) < 4.78 is 2.11. The number of aromatic nitrogens is 2. The van der Waals surface area contributed by atoms with Crippen molar-refractivity contribution in [1.29, 1.82) is 0 Å². The van der Waals surface area contributed by atoms with Crippen LogP contribution in [0.1, 0.15) is 45.0 Å². The molecule has 2 heterocycles. The quantitative estimate of drug-likeness (QED) is 0.406. The predicted octanol–water partition coefficient (Wildman–Crippen LogP) is 3.75. The van der Waals surface area contributed by atoms with Gasteiger partial charge < -0.3 is 15.0 Å². The maximum Gasteiger partial charge on any atom is 0.191 e. The van der Waals surface area contributed by atoms with E-state index >= 15 is 0 Å². The summed E-state index contributed by atoms with van der Waals surface area (Å²) in [5.41, 5.74) is 3.18. The van der Waals surface area contributed by atoms with Crippen LogP contribution in [0, 0.1) is 12.8 Å². The molecular formula is C18H30IN5. The van der Waals surface area contributed by atoms with Crippen LogP contribution in [0.4, 0.5) is 0 Å². The minimum absolute atomic E-state index is 0. The van der Waals surface area contributed by atoms with Gasteiger partial charge in [-0.05, 0) is 44.7 Å². The normalized spacial score (nSPS) is 13.0. The van der Waals surface area contributed by atoms with Crippen molar-refractivity contribution in [2.75, 3.05) is 7.05 Å². The van der Waals surface area contributed by atoms with Gasteiger partial charge in [0.2, 0.25) is 0 Å². The molecule has 0 aliphatic heterocycles. The fourth-order valence-electron chi connectivity index (χ4n) is 2.54. The Balaban J connectivity index is 0.00000288. The lowest BCUT2D eigenvalue weighted by Crippen LogP contribution is -2.42. The molecule has 0 radical (unpaired) electrons. The van der Waals surface area contributed by atoms with Crippen molar-refractivity contribution in [3.8, 4) is 0 Å². The van der Waals surface area contributed by atoms with Crippen molar-refractivity contribution in [2.45, 2.75) is 53.1 Å². The fourth-order valence-corrected chi connectivity index (χ4v) is 2.54. The van der Waals surface area contributed by atoms with Gasteiger partial charge in [-0.25, -0.2) is 4.98 Å². The van der Waals surface area contributed by atoms with E-state index in [1.165, 1.54) is 12.1 Å². The number of aliphatic imine (C=N–C) groups is 1. The average molecular weight is 443 g/mol. The molecule has 0 aliphatic rings. The number of halogens is 1. The molecule has 0 saturated heterocycles. The van der Waals surface area contributed by atoms with Gasteiger partial charge >= 0.3 is 0 Å². The first-order valence-electron chi connectivity index (χ1n) is 8.40. The molecule has 0 aromatic carbocycles. The van der Waals surface area contributed by atoms with Gasteiger partial charge in [-0.3, -0.25) is 4.99 Å². The standard InChI is InChI=1S/C18H29N5.HI/c1-13(2)9-10-14(3)21-18(19-5)20-11-16-12-23-15(4)7-6-8-17(23)22-16;/h6-8,12-14H,9-11H2,1-5H3,(H2,19,20,21);1H. The molecule has 0 bridgehead atoms. The minimum atomic E-state index is 0. The van der Waals surface area contributed by atoms with Gasteiger partial charge in [0.25, 0.3) is 0 Å². The molecule has 0 saturated carbocycles. The first-order valence-corrected chi connectivity index (χ1v) is 8.40. The number of guanidine groups is 1. The smallest absolute Gasteiger partial charge is 0.191 e. The minimum Gasteiger partial charge on any atom is -0.354 e. The van der Waals surface area contributed by atoms with E-state index in [0.29, 0.717) is 12.6 Å². The maximum absolute atomic E-state index is 4.64. The van der Waals surface area contributed by atoms with Gasteiger partial charge in [-0.15, -0.1) is 24.0 Å². The molecule has 0 aliphatic carbocycles. The fraction of sp³-hybridized carbons (Fsp3) is 0.556. The molecular weight excluding hydrogens is 413 g/mol. The Hall–Kier alpha value is -1.31. The first kappa shape index (κ1) is 20.7. The predicted molar refractivity (Wildman–Crippen MR) is 112 cm³/mol. The Bertz CT molecular complexity index is 662. The lowest BCUT2D eigenvalue weighted by molar-refractivity contribution is 0.489. The Morgan fingerprint density at radius 3 is 2.62 bits per heavy atom. The zero-order valence-electron chi connectivity index (χ0n) is 15.3. The summed E-state index contributed by atoms with van der Waals surface area (Å²) in [7, 11) is 1.80. The molecule has 2 N–H and O–H groups in total. The summed E-state index contributed by atoms with van der Waals surface area (Å²) in [6.07, 6.45) is 4.44. The molecule has 24 heavy (non-hydrogen) atoms. The molecule has 2 aromatic heterocycles. The van der Waals surface area contributed by atoms with Crippen LogP contribution in [-0.2, 0) is 6.54 Å². The highest BCUT2D eigenvalue weighted by Gasteiger charge is 2.08. The number of aryl methyl sites for hydroxylation is 1. The highest BCUT2D eigenvalue weighted by molar-refractivity contribution is 14.0. The van der Waals surface area contributed by atoms with Crippen LogP contribution in [0.3, 0.4) is 0 Å². The average Bonchev–Trinajstić information content (AvgIpc) is 2.94. The van der Waals surface area contributed by atoms with Gasteiger partial charge in [-0.2, -0.15) is 0 Å². The molecule has 134 valence electrons. The third-order valence-electron chi connectivity index (χ3n) is 3.97. The van der Waals surface area contributed by atoms with Gasteiger partial charge in [0.1, 0.15) is 5.65 Å². The van der Waals surface area contributed by atoms with E-state index in [2.05, 4.69) is 65.0 Å². The molecule has 0 spiro atoms. The number of pyridine rings is 1. The van der Waals surface area contributed by atoms with E-state index in [0.717, 1.165) is 29.6 Å². The number of hydrogen-bond acceptors (Lipinski definition) is 2. The summed E-state index contributed by atoms with van der Waals surface area (Å²) in [6.45, 7) is 9.46. The van der Waals surface area contributed by atoms with Crippen molar-refractivity contribution in [3.63, 3.8) is 0 Å². The van der Waals surface area contributed by atoms with Crippen molar-refractivity contribution < 1.29 is 0 Å². The molecule has 0 amide bonds. The Kier molecular flexibility index (Phi) is 8.52. The first-order chi connectivity index (χ1) is 11.0. The van der Waals surface area contributed by atoms with E-state index in [1.807, 2.05) is 12.1 Å². The van der Waals surface area contributed by atoms with E-state index in [1.54, 1.807) is 7.05 Å². The summed E-state index contributed by atoms with van der Waals surface area (Å²) in [6, 6.07) is 6.55. The molecule has 1 atom stereocenters. The lowest BCUT2D eigenvalue weighted by Gasteiger charge is -2.18. The van der Waals surface area contributed by atoms with E-state index in [-0.39, 0.29) is 24.0 Å². The summed E-state index contributed by atoms with van der Waals surface area (Å²) in [4.78, 5) is 8.94. The second-order valence-electron chi connectivity index (χ2n) is 6.57. The Morgan fingerprint density at radius 1 is 1.25 bits per heavy atom. The second kappa shape index (κ2) is 9.86. The number of nitrogens with one attached hydrogen (secondary N) is 2. The van der Waals surface area contributed by atoms with Crippen molar-refractivity contribution >= 4 is 35.6 Å². The molecule has 0 fully saturated rings. The largest absolute Gasteiger partial charge is 0.354 e. The van der Waals surface area contributed by atoms with Crippen LogP contribution in [-0.4, -0.2) is 28.4 Å². The summed E-state index contributed by atoms with van der Waals surface area (Å²) >= 11 is 0. The SMILES string of the molecule is CN=C(NCc1cn2c(C)cccc2n1)NC(C)CCC(C)C.I. The monoisotopic (exact) mass is 443 g/mol. The van der Waals surface area contributed by atoms with Crippen LogP contribution < -0.4 is 10.6 Å². The van der Waals surface area contributed by atoms with E-state index in [9.17, 15) is 0 Å². The van der Waals surface area contributed by atoms with Crippen molar-refractivity contribution in [1.82, 2.24) is 20.0 Å². The van der Waals surface area contributed by atoms with Crippen molar-refractivity contribution in [2.24, 2.45) is 10.9 Å². The zero-order valence-corrected chi connectivity index (χ0v) is 17.7. The van der Waals surface area contributed by atoms with Crippen LogP contribution in [0.15, 0.2) is 29.4 Å². The maximum atomic E-state index is 4.64. The van der Waals surface area contributed by atoms with E-state index < -0.39 is 0 Å². The lowest BCUT2D eigenvalue weighted by atomic mass is 10.0. The summed E-state index contributed by atoms with van der Waals surface area (Å²) in [5.74, 6) is 1.56. The molecule has 1 unspecified atom stereocenters. The van der Waals surface area contributed by atoms with Crippen LogP contribution in [0.2, 0.25) is 0 Å². The number of hydrogen-bond donors (Lipinski definition) is 2. The molecule has 2 rings (SSSR count). The van der Waals surface area contributed by atoms with Gasteiger partial charge in [0, 0.05) is 25.0 Å². The summed E-state index contributed by atoms with van der Waals surface area (Å²) in [5, 5.41) is 6.79. The van der Waals surface area contributed by atoms with Gasteiger partial charge in [-0.1, -0.05) is 19.9 Å². The topological polar surface area (TPSA) is 53.7 Å². The molecule has 6 heteroatoms. The second-order valence-corrected chi connectivity index (χ2v) is 6.57. The third-order valence-corrected chi connectivity index (χ3v) is 3.97. The highest BCUT2D eigenvalue weighted by atomic mass is 127. The Morgan fingerprint density at radius 2 is 2.00 bits per heavy atom. The van der Waals surface area contributed by atoms with E-state index in [4.69, 9.17) is 0 Å². The number of rotatable bonds is 6. The van der Waals surface area contributed by atoms with Crippen LogP contribution >= 0.6 is 24.0 Å². The van der Waals surface area contributed by atoms with Crippen LogP contribution in [0.25, 0.3) is 5.65 Å². The third kappa shape index (κ3) is 5.96. The molecule has 5 nitrogen and oxygen atoms in total. The van der Waals surface area contributed by atoms with Crippen LogP contribution in [0.5, 0.6) is 0 Å². The number of nitrogens with zero attached hydrogens (tertiary/aromatic N) is 3. The van der Waals surface area contributed by atoms with Gasteiger partial charge in [0.05, 0.1) is 12.2 Å². The Labute approximate surface area is 162 Å². The zero-order chi connectivity index (χ0) is 16.8. The van der Waals surface area contributed by atoms with Gasteiger partial charge in [0.15, 0.2) is 5.96 Å². The van der Waals surface area contributed by atoms with Crippen molar-refractivity contribution in [3.05, 3.63) is 35.8 Å². The number of imidazole rings is 1. The molecule has 2 aromatic rings. The number of fused-ring (bicyclic) bond motifs is 1.